The van der Waals surface area contributed by atoms with Crippen LogP contribution >= 0.6 is 0 Å². The Morgan fingerprint density at radius 1 is 1.28 bits per heavy atom. The first-order valence-electron chi connectivity index (χ1n) is 6.47. The molecule has 0 amide bonds. The second kappa shape index (κ2) is 5.69. The Balaban J connectivity index is 1.91. The number of rotatable bonds is 4. The molecule has 0 saturated carbocycles. The maximum absolute atomic E-state index is 13.9. The first-order chi connectivity index (χ1) is 8.58. The Kier molecular flexibility index (Phi) is 4.22. The number of alkyl halides is 2. The third-order valence-corrected chi connectivity index (χ3v) is 3.50. The van der Waals surface area contributed by atoms with E-state index in [4.69, 9.17) is 0 Å². The third kappa shape index (κ3) is 3.45. The summed E-state index contributed by atoms with van der Waals surface area (Å²) in [4.78, 5) is 0. The van der Waals surface area contributed by atoms with Gasteiger partial charge in [-0.25, -0.2) is 0 Å². The van der Waals surface area contributed by atoms with Crippen molar-refractivity contribution in [2.75, 3.05) is 13.1 Å². The smallest absolute Gasteiger partial charge is 0.291 e. The maximum Gasteiger partial charge on any atom is 0.291 e. The van der Waals surface area contributed by atoms with Crippen LogP contribution in [0.5, 0.6) is 0 Å². The second-order valence-corrected chi connectivity index (χ2v) is 5.00. The summed E-state index contributed by atoms with van der Waals surface area (Å²) in [7, 11) is 0. The fourth-order valence-corrected chi connectivity index (χ4v) is 2.28. The molecule has 18 heavy (non-hydrogen) atoms. The summed E-state index contributed by atoms with van der Waals surface area (Å²) in [5.41, 5.74) is 0.454. The molecule has 0 aliphatic carbocycles. The van der Waals surface area contributed by atoms with E-state index in [1.165, 1.54) is 6.07 Å². The molecule has 0 spiro atoms. The summed E-state index contributed by atoms with van der Waals surface area (Å²) in [6.45, 7) is 3.63. The van der Waals surface area contributed by atoms with Gasteiger partial charge in [0.25, 0.3) is 5.92 Å². The average molecular weight is 255 g/mol. The number of aromatic nitrogens is 2. The maximum atomic E-state index is 13.9. The predicted octanol–water partition coefficient (Wildman–Crippen LogP) is 2.66. The molecule has 1 aromatic rings. The molecule has 0 aromatic carbocycles. The van der Waals surface area contributed by atoms with Gasteiger partial charge in [-0.1, -0.05) is 0 Å². The molecule has 1 saturated heterocycles. The largest absolute Gasteiger partial charge is 0.317 e. The molecule has 1 N–H and O–H groups in total. The van der Waals surface area contributed by atoms with Crippen LogP contribution < -0.4 is 5.32 Å². The van der Waals surface area contributed by atoms with E-state index in [1.54, 1.807) is 13.0 Å². The second-order valence-electron chi connectivity index (χ2n) is 5.00. The minimum atomic E-state index is -2.86. The van der Waals surface area contributed by atoms with Crippen LogP contribution in [0.1, 0.15) is 37.1 Å². The molecule has 1 aliphatic heterocycles. The zero-order chi connectivity index (χ0) is 13.0. The molecular weight excluding hydrogens is 236 g/mol. The predicted molar refractivity (Wildman–Crippen MR) is 65.5 cm³/mol. The topological polar surface area (TPSA) is 37.8 Å². The summed E-state index contributed by atoms with van der Waals surface area (Å²) < 4.78 is 27.8. The molecule has 1 fully saturated rings. The summed E-state index contributed by atoms with van der Waals surface area (Å²) >= 11 is 0. The van der Waals surface area contributed by atoms with Gasteiger partial charge in [-0.3, -0.25) is 0 Å². The van der Waals surface area contributed by atoms with Crippen molar-refractivity contribution in [1.29, 1.82) is 0 Å². The Hall–Kier alpha value is -1.10. The number of aryl methyl sites for hydroxylation is 1. The van der Waals surface area contributed by atoms with Gasteiger partial charge in [0.1, 0.15) is 5.69 Å². The van der Waals surface area contributed by atoms with Crippen molar-refractivity contribution in [3.63, 3.8) is 0 Å². The highest BCUT2D eigenvalue weighted by Gasteiger charge is 2.34. The number of hydrogen-bond acceptors (Lipinski definition) is 3. The van der Waals surface area contributed by atoms with Crippen LogP contribution in [0.4, 0.5) is 8.78 Å². The summed E-state index contributed by atoms with van der Waals surface area (Å²) in [5.74, 6) is -2.44. The summed E-state index contributed by atoms with van der Waals surface area (Å²) in [6.07, 6.45) is 2.42. The Labute approximate surface area is 106 Å². The van der Waals surface area contributed by atoms with Crippen LogP contribution in [0.3, 0.4) is 0 Å². The highest BCUT2D eigenvalue weighted by molar-refractivity contribution is 5.10. The van der Waals surface area contributed by atoms with E-state index in [0.717, 1.165) is 25.9 Å². The monoisotopic (exact) mass is 255 g/mol. The minimum absolute atomic E-state index is 0.130. The molecule has 0 unspecified atom stereocenters. The van der Waals surface area contributed by atoms with Crippen molar-refractivity contribution < 1.29 is 8.78 Å². The summed E-state index contributed by atoms with van der Waals surface area (Å²) in [5, 5.41) is 10.5. The molecule has 3 nitrogen and oxygen atoms in total. The molecule has 100 valence electrons. The number of piperidine rings is 1. The highest BCUT2D eigenvalue weighted by atomic mass is 19.3. The Morgan fingerprint density at radius 3 is 2.61 bits per heavy atom. The minimum Gasteiger partial charge on any atom is -0.317 e. The van der Waals surface area contributed by atoms with Crippen LogP contribution in [-0.2, 0) is 5.92 Å². The zero-order valence-electron chi connectivity index (χ0n) is 10.6. The number of nitrogens with one attached hydrogen (secondary N) is 1. The molecular formula is C13H19F2N3. The molecule has 1 aromatic heterocycles. The normalized spacial score (nSPS) is 17.9. The fraction of sp³-hybridized carbons (Fsp3) is 0.692. The lowest BCUT2D eigenvalue weighted by atomic mass is 9.91. The van der Waals surface area contributed by atoms with E-state index in [9.17, 15) is 8.78 Å². The van der Waals surface area contributed by atoms with Crippen molar-refractivity contribution in [2.24, 2.45) is 5.92 Å². The SMILES string of the molecule is Cc1ccc(C(F)(F)CCC2CCNCC2)nn1. The molecule has 5 heteroatoms. The number of hydrogen-bond donors (Lipinski definition) is 1. The van der Waals surface area contributed by atoms with Gasteiger partial charge in [-0.05, 0) is 57.3 Å². The zero-order valence-corrected chi connectivity index (χ0v) is 10.6. The van der Waals surface area contributed by atoms with Gasteiger partial charge in [-0.2, -0.15) is 13.9 Å². The van der Waals surface area contributed by atoms with Crippen molar-refractivity contribution >= 4 is 0 Å². The molecule has 0 atom stereocenters. The van der Waals surface area contributed by atoms with E-state index in [1.807, 2.05) is 0 Å². The third-order valence-electron chi connectivity index (χ3n) is 3.50. The molecule has 2 rings (SSSR count). The van der Waals surface area contributed by atoms with Gasteiger partial charge in [0, 0.05) is 6.42 Å². The highest BCUT2D eigenvalue weighted by Crippen LogP contribution is 2.34. The molecule has 0 radical (unpaired) electrons. The van der Waals surface area contributed by atoms with Crippen molar-refractivity contribution in [1.82, 2.24) is 15.5 Å². The van der Waals surface area contributed by atoms with E-state index < -0.39 is 5.92 Å². The van der Waals surface area contributed by atoms with Gasteiger partial charge in [0.2, 0.25) is 0 Å². The lowest BCUT2D eigenvalue weighted by molar-refractivity contribution is -0.0253. The van der Waals surface area contributed by atoms with Crippen molar-refractivity contribution in [3.05, 3.63) is 23.5 Å². The van der Waals surface area contributed by atoms with Gasteiger partial charge < -0.3 is 5.32 Å². The van der Waals surface area contributed by atoms with Crippen molar-refractivity contribution in [3.8, 4) is 0 Å². The molecule has 1 aliphatic rings. The lowest BCUT2D eigenvalue weighted by Crippen LogP contribution is -2.28. The molecule has 2 heterocycles. The quantitative estimate of drug-likeness (QED) is 0.898. The van der Waals surface area contributed by atoms with Crippen LogP contribution in [0.2, 0.25) is 0 Å². The van der Waals surface area contributed by atoms with Crippen molar-refractivity contribution in [2.45, 2.75) is 38.5 Å². The first kappa shape index (κ1) is 13.3. The van der Waals surface area contributed by atoms with Crippen LogP contribution in [0.25, 0.3) is 0 Å². The van der Waals surface area contributed by atoms with Crippen LogP contribution in [0, 0.1) is 12.8 Å². The fourth-order valence-electron chi connectivity index (χ4n) is 2.28. The van der Waals surface area contributed by atoms with E-state index in [2.05, 4.69) is 15.5 Å². The van der Waals surface area contributed by atoms with Gasteiger partial charge in [0.05, 0.1) is 5.69 Å². The Bertz CT molecular complexity index is 372. The lowest BCUT2D eigenvalue weighted by Gasteiger charge is -2.24. The standard InChI is InChI=1S/C13H19F2N3/c1-10-2-3-12(18-17-10)13(14,15)7-4-11-5-8-16-9-6-11/h2-3,11,16H,4-9H2,1H3. The van der Waals surface area contributed by atoms with Gasteiger partial charge >= 0.3 is 0 Å². The van der Waals surface area contributed by atoms with E-state index >= 15 is 0 Å². The van der Waals surface area contributed by atoms with E-state index in [-0.39, 0.29) is 12.1 Å². The Morgan fingerprint density at radius 2 is 2.00 bits per heavy atom. The van der Waals surface area contributed by atoms with Crippen LogP contribution in [0.15, 0.2) is 12.1 Å². The van der Waals surface area contributed by atoms with Crippen LogP contribution in [-0.4, -0.2) is 23.3 Å². The van der Waals surface area contributed by atoms with Gasteiger partial charge in [-0.15, -0.1) is 5.10 Å². The number of nitrogens with zero attached hydrogens (tertiary/aromatic N) is 2. The number of halogens is 2. The summed E-state index contributed by atoms with van der Waals surface area (Å²) in [6, 6.07) is 2.96. The average Bonchev–Trinajstić information content (AvgIpc) is 2.38. The molecule has 0 bridgehead atoms. The van der Waals surface area contributed by atoms with E-state index in [0.29, 0.717) is 18.0 Å². The first-order valence-corrected chi connectivity index (χ1v) is 6.47. The van der Waals surface area contributed by atoms with Gasteiger partial charge in [0.15, 0.2) is 0 Å².